The van der Waals surface area contributed by atoms with Crippen molar-refractivity contribution in [3.63, 3.8) is 0 Å². The fourth-order valence-corrected chi connectivity index (χ4v) is 3.49. The summed E-state index contributed by atoms with van der Waals surface area (Å²) in [6, 6.07) is 3.18. The minimum Gasteiger partial charge on any atom is -0.377 e. The van der Waals surface area contributed by atoms with Crippen molar-refractivity contribution >= 4 is 17.2 Å². The number of hydrogen-bond acceptors (Lipinski definition) is 5. The molecule has 10 heteroatoms. The van der Waals surface area contributed by atoms with Crippen LogP contribution in [0.15, 0.2) is 23.8 Å². The molecule has 3 rings (SSSR count). The zero-order valence-corrected chi connectivity index (χ0v) is 14.3. The number of thiophene rings is 1. The van der Waals surface area contributed by atoms with E-state index in [-0.39, 0.29) is 24.3 Å². The Labute approximate surface area is 146 Å². The van der Waals surface area contributed by atoms with Gasteiger partial charge >= 0.3 is 6.18 Å². The van der Waals surface area contributed by atoms with E-state index in [1.807, 2.05) is 24.4 Å². The Balaban J connectivity index is 1.78. The van der Waals surface area contributed by atoms with Gasteiger partial charge in [0.1, 0.15) is 18.9 Å². The summed E-state index contributed by atoms with van der Waals surface area (Å²) >= 11 is 1.49. The molecule has 1 aliphatic rings. The highest BCUT2D eigenvalue weighted by molar-refractivity contribution is 7.10. The molecule has 1 fully saturated rings. The van der Waals surface area contributed by atoms with Crippen LogP contribution in [0.4, 0.5) is 13.2 Å². The predicted octanol–water partition coefficient (Wildman–Crippen LogP) is 2.61. The molecule has 25 heavy (non-hydrogen) atoms. The molecule has 2 aromatic heterocycles. The van der Waals surface area contributed by atoms with Crippen LogP contribution in [0, 0.1) is 0 Å². The minimum atomic E-state index is -4.38. The Bertz CT molecular complexity index is 717. The fraction of sp³-hybridized carbons (Fsp3) is 0.533. The molecule has 0 saturated carbocycles. The number of amides is 1. The second-order valence-corrected chi connectivity index (χ2v) is 6.75. The van der Waals surface area contributed by atoms with Crippen molar-refractivity contribution in [2.45, 2.75) is 31.6 Å². The van der Waals surface area contributed by atoms with Gasteiger partial charge in [-0.2, -0.15) is 18.3 Å². The molecule has 136 valence electrons. The standard InChI is InChI=1S/C15H17F3N4O2S/c1-10(12-3-2-6-25-12)14(23)22-4-5-24-7-11(22)13-19-9-21(20-13)8-15(16,17)18/h2-3,6,9-11H,4-5,7-8H2,1H3. The number of aromatic nitrogens is 3. The van der Waals surface area contributed by atoms with Gasteiger partial charge in [-0.3, -0.25) is 4.79 Å². The molecular formula is C15H17F3N4O2S. The van der Waals surface area contributed by atoms with Gasteiger partial charge in [0.25, 0.3) is 0 Å². The maximum atomic E-state index is 12.9. The third kappa shape index (κ3) is 4.18. The van der Waals surface area contributed by atoms with Crippen LogP contribution < -0.4 is 0 Å². The summed E-state index contributed by atoms with van der Waals surface area (Å²) in [5.41, 5.74) is 0. The summed E-state index contributed by atoms with van der Waals surface area (Å²) in [5, 5.41) is 5.79. The molecule has 1 amide bonds. The molecule has 0 aromatic carbocycles. The molecule has 0 aliphatic carbocycles. The highest BCUT2D eigenvalue weighted by Gasteiger charge is 2.35. The topological polar surface area (TPSA) is 60.3 Å². The van der Waals surface area contributed by atoms with Gasteiger partial charge in [-0.1, -0.05) is 6.07 Å². The lowest BCUT2D eigenvalue weighted by molar-refractivity contribution is -0.144. The lowest BCUT2D eigenvalue weighted by Gasteiger charge is -2.35. The number of hydrogen-bond donors (Lipinski definition) is 0. The SMILES string of the molecule is CC(C(=O)N1CCOCC1c1ncn(CC(F)(F)F)n1)c1cccs1. The third-order valence-electron chi connectivity index (χ3n) is 3.95. The number of halogens is 3. The molecule has 2 atom stereocenters. The number of ether oxygens (including phenoxy) is 1. The number of carbonyl (C=O) groups excluding carboxylic acids is 1. The van der Waals surface area contributed by atoms with E-state index in [4.69, 9.17) is 4.74 Å². The van der Waals surface area contributed by atoms with Crippen LogP contribution in [0.25, 0.3) is 0 Å². The second-order valence-electron chi connectivity index (χ2n) is 5.77. The first-order chi connectivity index (χ1) is 11.8. The highest BCUT2D eigenvalue weighted by atomic mass is 32.1. The van der Waals surface area contributed by atoms with Gasteiger partial charge in [-0.05, 0) is 18.4 Å². The highest BCUT2D eigenvalue weighted by Crippen LogP contribution is 2.29. The monoisotopic (exact) mass is 374 g/mol. The van der Waals surface area contributed by atoms with E-state index < -0.39 is 18.8 Å². The predicted molar refractivity (Wildman–Crippen MR) is 84.1 cm³/mol. The molecule has 0 radical (unpaired) electrons. The van der Waals surface area contributed by atoms with Gasteiger partial charge < -0.3 is 9.64 Å². The smallest absolute Gasteiger partial charge is 0.377 e. The van der Waals surface area contributed by atoms with E-state index in [0.29, 0.717) is 13.2 Å². The molecule has 1 aliphatic heterocycles. The van der Waals surface area contributed by atoms with E-state index in [9.17, 15) is 18.0 Å². The van der Waals surface area contributed by atoms with Gasteiger partial charge in [0.15, 0.2) is 5.82 Å². The molecule has 0 N–H and O–H groups in total. The molecular weight excluding hydrogens is 357 g/mol. The Morgan fingerprint density at radius 1 is 1.52 bits per heavy atom. The summed E-state index contributed by atoms with van der Waals surface area (Å²) in [5.74, 6) is -0.281. The number of rotatable bonds is 4. The number of morpholine rings is 1. The summed E-state index contributed by atoms with van der Waals surface area (Å²) in [4.78, 5) is 19.3. The normalized spacial score (nSPS) is 19.8. The van der Waals surface area contributed by atoms with E-state index >= 15 is 0 Å². The Hall–Kier alpha value is -1.94. The summed E-state index contributed by atoms with van der Waals surface area (Å²) in [7, 11) is 0. The Morgan fingerprint density at radius 2 is 2.32 bits per heavy atom. The van der Waals surface area contributed by atoms with Gasteiger partial charge in [-0.25, -0.2) is 9.67 Å². The Morgan fingerprint density at radius 3 is 3.00 bits per heavy atom. The maximum Gasteiger partial charge on any atom is 0.408 e. The number of nitrogens with zero attached hydrogens (tertiary/aromatic N) is 4. The van der Waals surface area contributed by atoms with Gasteiger partial charge in [0.2, 0.25) is 5.91 Å². The first-order valence-electron chi connectivity index (χ1n) is 7.73. The maximum absolute atomic E-state index is 12.9. The lowest BCUT2D eigenvalue weighted by Crippen LogP contribution is -2.45. The summed E-state index contributed by atoms with van der Waals surface area (Å²) < 4.78 is 43.6. The van der Waals surface area contributed by atoms with Crippen molar-refractivity contribution in [1.29, 1.82) is 0 Å². The summed E-state index contributed by atoms with van der Waals surface area (Å²) in [6.45, 7) is 1.50. The molecule has 3 heterocycles. The lowest BCUT2D eigenvalue weighted by atomic mass is 10.1. The van der Waals surface area contributed by atoms with Crippen LogP contribution in [-0.4, -0.2) is 51.5 Å². The average Bonchev–Trinajstić information content (AvgIpc) is 3.23. The van der Waals surface area contributed by atoms with E-state index in [0.717, 1.165) is 15.9 Å². The zero-order chi connectivity index (χ0) is 18.0. The van der Waals surface area contributed by atoms with Crippen LogP contribution >= 0.6 is 11.3 Å². The minimum absolute atomic E-state index is 0.108. The first-order valence-corrected chi connectivity index (χ1v) is 8.61. The number of carbonyl (C=O) groups is 1. The molecule has 0 spiro atoms. The third-order valence-corrected chi connectivity index (χ3v) is 5.00. The van der Waals surface area contributed by atoms with E-state index in [1.54, 1.807) is 4.90 Å². The van der Waals surface area contributed by atoms with Crippen LogP contribution in [0.1, 0.15) is 29.6 Å². The van der Waals surface area contributed by atoms with Crippen molar-refractivity contribution in [2.75, 3.05) is 19.8 Å². The fourth-order valence-electron chi connectivity index (χ4n) is 2.71. The molecule has 1 saturated heterocycles. The Kier molecular flexibility index (Phi) is 5.09. The van der Waals surface area contributed by atoms with Crippen molar-refractivity contribution in [1.82, 2.24) is 19.7 Å². The molecule has 2 aromatic rings. The quantitative estimate of drug-likeness (QED) is 0.825. The van der Waals surface area contributed by atoms with Crippen molar-refractivity contribution < 1.29 is 22.7 Å². The molecule has 2 unspecified atom stereocenters. The van der Waals surface area contributed by atoms with Crippen molar-refractivity contribution in [3.05, 3.63) is 34.5 Å². The van der Waals surface area contributed by atoms with Gasteiger partial charge in [-0.15, -0.1) is 11.3 Å². The van der Waals surface area contributed by atoms with Crippen LogP contribution in [0.3, 0.4) is 0 Å². The average molecular weight is 374 g/mol. The van der Waals surface area contributed by atoms with Gasteiger partial charge in [0.05, 0.1) is 19.1 Å². The molecule has 6 nitrogen and oxygen atoms in total. The van der Waals surface area contributed by atoms with E-state index in [2.05, 4.69) is 10.1 Å². The van der Waals surface area contributed by atoms with Crippen LogP contribution in [-0.2, 0) is 16.1 Å². The number of alkyl halides is 3. The van der Waals surface area contributed by atoms with E-state index in [1.165, 1.54) is 11.3 Å². The zero-order valence-electron chi connectivity index (χ0n) is 13.4. The molecule has 0 bridgehead atoms. The van der Waals surface area contributed by atoms with Crippen molar-refractivity contribution in [2.24, 2.45) is 0 Å². The second kappa shape index (κ2) is 7.12. The van der Waals surface area contributed by atoms with Crippen molar-refractivity contribution in [3.8, 4) is 0 Å². The van der Waals surface area contributed by atoms with Gasteiger partial charge in [0, 0.05) is 11.4 Å². The summed E-state index contributed by atoms with van der Waals surface area (Å²) in [6.07, 6.45) is -3.35. The first kappa shape index (κ1) is 17.9. The van der Waals surface area contributed by atoms with Crippen LogP contribution in [0.2, 0.25) is 0 Å². The largest absolute Gasteiger partial charge is 0.408 e. The van der Waals surface area contributed by atoms with Crippen LogP contribution in [0.5, 0.6) is 0 Å².